The van der Waals surface area contributed by atoms with E-state index in [4.69, 9.17) is 5.26 Å². The van der Waals surface area contributed by atoms with Gasteiger partial charge in [-0.1, -0.05) is 12.8 Å². The fraction of sp³-hybridized carbons (Fsp3) is 0.500. The molecule has 2 rings (SSSR count). The molecule has 1 aromatic carbocycles. The third kappa shape index (κ3) is 2.68. The van der Waals surface area contributed by atoms with Crippen molar-refractivity contribution in [3.05, 3.63) is 28.2 Å². The molecule has 1 aromatic rings. The highest BCUT2D eigenvalue weighted by molar-refractivity contribution is 9.10. The number of nitriles is 1. The van der Waals surface area contributed by atoms with Crippen LogP contribution in [0.5, 0.6) is 0 Å². The number of hydrogen-bond acceptors (Lipinski definition) is 3. The summed E-state index contributed by atoms with van der Waals surface area (Å²) < 4.78 is 0.805. The molecule has 1 fully saturated rings. The highest BCUT2D eigenvalue weighted by Crippen LogP contribution is 2.29. The van der Waals surface area contributed by atoms with E-state index in [0.717, 1.165) is 29.4 Å². The predicted molar refractivity (Wildman–Crippen MR) is 75.5 cm³/mol. The SMILES string of the molecule is CN(c1ccc(C#N)c(Br)c1)C1CCCCC1O. The van der Waals surface area contributed by atoms with Crippen LogP contribution in [0.1, 0.15) is 31.2 Å². The molecule has 2 unspecified atom stereocenters. The molecule has 0 aliphatic heterocycles. The molecule has 96 valence electrons. The van der Waals surface area contributed by atoms with E-state index in [1.807, 2.05) is 25.2 Å². The molecule has 0 spiro atoms. The summed E-state index contributed by atoms with van der Waals surface area (Å²) in [7, 11) is 2.01. The number of rotatable bonds is 2. The van der Waals surface area contributed by atoms with E-state index in [9.17, 15) is 5.11 Å². The van der Waals surface area contributed by atoms with Crippen molar-refractivity contribution in [2.45, 2.75) is 37.8 Å². The second-order valence-electron chi connectivity index (χ2n) is 4.81. The Labute approximate surface area is 116 Å². The molecule has 0 bridgehead atoms. The first-order valence-corrected chi connectivity index (χ1v) is 7.03. The molecule has 0 amide bonds. The average Bonchev–Trinajstić information content (AvgIpc) is 2.38. The van der Waals surface area contributed by atoms with Crippen molar-refractivity contribution < 1.29 is 5.11 Å². The molecule has 1 N–H and O–H groups in total. The molecule has 2 atom stereocenters. The summed E-state index contributed by atoms with van der Waals surface area (Å²) in [5, 5.41) is 19.0. The van der Waals surface area contributed by atoms with Crippen LogP contribution < -0.4 is 4.90 Å². The quantitative estimate of drug-likeness (QED) is 0.913. The molecule has 0 saturated heterocycles. The fourth-order valence-electron chi connectivity index (χ4n) is 2.55. The Kier molecular flexibility index (Phi) is 4.26. The zero-order chi connectivity index (χ0) is 13.1. The maximum absolute atomic E-state index is 10.1. The smallest absolute Gasteiger partial charge is 0.100 e. The molecule has 4 heteroatoms. The van der Waals surface area contributed by atoms with Crippen molar-refractivity contribution in [3.63, 3.8) is 0 Å². The van der Waals surface area contributed by atoms with Gasteiger partial charge in [-0.15, -0.1) is 0 Å². The van der Waals surface area contributed by atoms with Gasteiger partial charge in [0.15, 0.2) is 0 Å². The molecule has 1 aliphatic carbocycles. The Balaban J connectivity index is 2.20. The molecular weight excluding hydrogens is 292 g/mol. The van der Waals surface area contributed by atoms with Crippen molar-refractivity contribution in [2.24, 2.45) is 0 Å². The van der Waals surface area contributed by atoms with Crippen LogP contribution >= 0.6 is 15.9 Å². The largest absolute Gasteiger partial charge is 0.391 e. The van der Waals surface area contributed by atoms with Crippen molar-refractivity contribution in [1.82, 2.24) is 0 Å². The summed E-state index contributed by atoms with van der Waals surface area (Å²) in [6, 6.07) is 8.00. The zero-order valence-electron chi connectivity index (χ0n) is 10.4. The van der Waals surface area contributed by atoms with Crippen LogP contribution in [0.2, 0.25) is 0 Å². The summed E-state index contributed by atoms with van der Waals surface area (Å²) in [5.41, 5.74) is 1.67. The van der Waals surface area contributed by atoms with Gasteiger partial charge < -0.3 is 10.0 Å². The van der Waals surface area contributed by atoms with E-state index in [-0.39, 0.29) is 12.1 Å². The monoisotopic (exact) mass is 308 g/mol. The summed E-state index contributed by atoms with van der Waals surface area (Å²) in [5.74, 6) is 0. The number of likely N-dealkylation sites (N-methyl/N-ethyl adjacent to an activating group) is 1. The minimum absolute atomic E-state index is 0.179. The normalized spacial score (nSPS) is 23.4. The number of hydrogen-bond donors (Lipinski definition) is 1. The highest BCUT2D eigenvalue weighted by Gasteiger charge is 2.26. The summed E-state index contributed by atoms with van der Waals surface area (Å²) >= 11 is 3.40. The Morgan fingerprint density at radius 2 is 2.11 bits per heavy atom. The third-order valence-electron chi connectivity index (χ3n) is 3.67. The molecule has 1 saturated carbocycles. The van der Waals surface area contributed by atoms with Crippen molar-refractivity contribution in [2.75, 3.05) is 11.9 Å². The molecule has 0 radical (unpaired) electrons. The molecule has 18 heavy (non-hydrogen) atoms. The lowest BCUT2D eigenvalue weighted by Crippen LogP contribution is -2.43. The van der Waals surface area contributed by atoms with Gasteiger partial charge in [-0.2, -0.15) is 5.26 Å². The van der Waals surface area contributed by atoms with Crippen molar-refractivity contribution in [3.8, 4) is 6.07 Å². The van der Waals surface area contributed by atoms with Crippen LogP contribution in [-0.2, 0) is 0 Å². The van der Waals surface area contributed by atoms with E-state index >= 15 is 0 Å². The highest BCUT2D eigenvalue weighted by atomic mass is 79.9. The van der Waals surface area contributed by atoms with Crippen LogP contribution in [0, 0.1) is 11.3 Å². The number of aliphatic hydroxyl groups excluding tert-OH is 1. The van der Waals surface area contributed by atoms with E-state index < -0.39 is 0 Å². The van der Waals surface area contributed by atoms with Crippen molar-refractivity contribution >= 4 is 21.6 Å². The lowest BCUT2D eigenvalue weighted by atomic mass is 9.91. The second-order valence-corrected chi connectivity index (χ2v) is 5.66. The van der Waals surface area contributed by atoms with E-state index in [1.165, 1.54) is 6.42 Å². The Bertz CT molecular complexity index is 469. The van der Waals surface area contributed by atoms with E-state index in [0.29, 0.717) is 5.56 Å². The van der Waals surface area contributed by atoms with Crippen LogP contribution in [0.4, 0.5) is 5.69 Å². The number of halogens is 1. The lowest BCUT2D eigenvalue weighted by molar-refractivity contribution is 0.106. The number of aliphatic hydroxyl groups is 1. The van der Waals surface area contributed by atoms with Gasteiger partial charge in [0.2, 0.25) is 0 Å². The first-order valence-electron chi connectivity index (χ1n) is 6.24. The first-order chi connectivity index (χ1) is 8.63. The second kappa shape index (κ2) is 5.73. The Morgan fingerprint density at radius 1 is 1.39 bits per heavy atom. The minimum atomic E-state index is -0.252. The maximum atomic E-state index is 10.1. The summed E-state index contributed by atoms with van der Waals surface area (Å²) in [6.45, 7) is 0. The summed E-state index contributed by atoms with van der Waals surface area (Å²) in [4.78, 5) is 2.12. The first kappa shape index (κ1) is 13.4. The molecule has 0 heterocycles. The van der Waals surface area contributed by atoms with Gasteiger partial charge in [0.1, 0.15) is 6.07 Å². The maximum Gasteiger partial charge on any atom is 0.100 e. The average molecular weight is 309 g/mol. The predicted octanol–water partition coefficient (Wildman–Crippen LogP) is 3.06. The number of benzene rings is 1. The van der Waals surface area contributed by atoms with Gasteiger partial charge in [0.05, 0.1) is 17.7 Å². The Hall–Kier alpha value is -1.05. The van der Waals surface area contributed by atoms with Gasteiger partial charge >= 0.3 is 0 Å². The van der Waals surface area contributed by atoms with Gasteiger partial charge in [-0.05, 0) is 47.0 Å². The van der Waals surface area contributed by atoms with Gasteiger partial charge in [-0.25, -0.2) is 0 Å². The van der Waals surface area contributed by atoms with Crippen LogP contribution in [-0.4, -0.2) is 24.3 Å². The van der Waals surface area contributed by atoms with Crippen molar-refractivity contribution in [1.29, 1.82) is 5.26 Å². The molecule has 0 aromatic heterocycles. The lowest BCUT2D eigenvalue weighted by Gasteiger charge is -2.36. The zero-order valence-corrected chi connectivity index (χ0v) is 12.0. The number of nitrogens with zero attached hydrogens (tertiary/aromatic N) is 2. The standard InChI is InChI=1S/C14H17BrN2O/c1-17(13-4-2-3-5-14(13)18)11-7-6-10(9-16)12(15)8-11/h6-8,13-14,18H,2-5H2,1H3. The molecule has 3 nitrogen and oxygen atoms in total. The summed E-state index contributed by atoms with van der Waals surface area (Å²) in [6.07, 6.45) is 3.94. The molecule has 1 aliphatic rings. The van der Waals surface area contributed by atoms with E-state index in [2.05, 4.69) is 26.9 Å². The van der Waals surface area contributed by atoms with Gasteiger partial charge in [0.25, 0.3) is 0 Å². The fourth-order valence-corrected chi connectivity index (χ4v) is 3.00. The van der Waals surface area contributed by atoms with Crippen LogP contribution in [0.3, 0.4) is 0 Å². The number of anilines is 1. The van der Waals surface area contributed by atoms with E-state index in [1.54, 1.807) is 0 Å². The Morgan fingerprint density at radius 3 is 2.72 bits per heavy atom. The van der Waals surface area contributed by atoms with Crippen LogP contribution in [0.25, 0.3) is 0 Å². The third-order valence-corrected chi connectivity index (χ3v) is 4.33. The van der Waals surface area contributed by atoms with Gasteiger partial charge in [-0.3, -0.25) is 0 Å². The topological polar surface area (TPSA) is 47.3 Å². The van der Waals surface area contributed by atoms with Gasteiger partial charge in [0, 0.05) is 17.2 Å². The minimum Gasteiger partial charge on any atom is -0.391 e. The molecular formula is C14H17BrN2O. The van der Waals surface area contributed by atoms with Crippen LogP contribution in [0.15, 0.2) is 22.7 Å².